The van der Waals surface area contributed by atoms with Crippen molar-refractivity contribution in [2.45, 2.75) is 6.61 Å². The van der Waals surface area contributed by atoms with E-state index in [0.29, 0.717) is 11.6 Å². The van der Waals surface area contributed by atoms with Gasteiger partial charge in [0.05, 0.1) is 18.7 Å². The number of benzene rings is 2. The first-order valence-electron chi connectivity index (χ1n) is 5.92. The highest BCUT2D eigenvalue weighted by atomic mass is 79.9. The van der Waals surface area contributed by atoms with Crippen LogP contribution < -0.4 is 14.2 Å². The van der Waals surface area contributed by atoms with Gasteiger partial charge in [-0.2, -0.15) is 0 Å². The Labute approximate surface area is 131 Å². The second-order valence-electron chi connectivity index (χ2n) is 4.08. The van der Waals surface area contributed by atoms with E-state index in [2.05, 4.69) is 15.9 Å². The molecule has 0 N–H and O–H groups in total. The standard InChI is InChI=1S/C15H14BrClO3/c1-18-12-5-10(6-13(8-12)19-2)9-20-15-4-3-11(17)7-14(15)16/h3-8H,9H2,1-2H3. The van der Waals surface area contributed by atoms with Crippen molar-refractivity contribution in [1.82, 2.24) is 0 Å². The third-order valence-corrected chi connectivity index (χ3v) is 3.55. The van der Waals surface area contributed by atoms with Gasteiger partial charge >= 0.3 is 0 Å². The number of hydrogen-bond acceptors (Lipinski definition) is 3. The highest BCUT2D eigenvalue weighted by Gasteiger charge is 2.05. The molecule has 0 amide bonds. The monoisotopic (exact) mass is 356 g/mol. The van der Waals surface area contributed by atoms with Gasteiger partial charge < -0.3 is 14.2 Å². The lowest BCUT2D eigenvalue weighted by Crippen LogP contribution is -1.98. The number of ether oxygens (including phenoxy) is 3. The Morgan fingerprint density at radius 1 is 1.00 bits per heavy atom. The summed E-state index contributed by atoms with van der Waals surface area (Å²) in [5.74, 6) is 2.20. The van der Waals surface area contributed by atoms with E-state index in [1.807, 2.05) is 24.3 Å². The van der Waals surface area contributed by atoms with Crippen LogP contribution in [0.15, 0.2) is 40.9 Å². The van der Waals surface area contributed by atoms with Crippen LogP contribution in [0.3, 0.4) is 0 Å². The lowest BCUT2D eigenvalue weighted by atomic mass is 10.2. The van der Waals surface area contributed by atoms with E-state index in [0.717, 1.165) is 27.3 Å². The van der Waals surface area contributed by atoms with Gasteiger partial charge in [0.1, 0.15) is 23.9 Å². The molecule has 0 bridgehead atoms. The summed E-state index contributed by atoms with van der Waals surface area (Å²) in [6, 6.07) is 11.0. The minimum atomic E-state index is 0.411. The van der Waals surface area contributed by atoms with Crippen molar-refractivity contribution < 1.29 is 14.2 Å². The predicted molar refractivity (Wildman–Crippen MR) is 83.0 cm³/mol. The average Bonchev–Trinajstić information content (AvgIpc) is 2.46. The van der Waals surface area contributed by atoms with Gasteiger partial charge in [0, 0.05) is 11.1 Å². The van der Waals surface area contributed by atoms with Gasteiger partial charge in [-0.1, -0.05) is 11.6 Å². The van der Waals surface area contributed by atoms with E-state index < -0.39 is 0 Å². The number of halogens is 2. The Hall–Kier alpha value is -1.39. The van der Waals surface area contributed by atoms with Crippen LogP contribution in [0.25, 0.3) is 0 Å². The van der Waals surface area contributed by atoms with Crippen LogP contribution in [0.4, 0.5) is 0 Å². The van der Waals surface area contributed by atoms with Crippen LogP contribution in [0.5, 0.6) is 17.2 Å². The van der Waals surface area contributed by atoms with E-state index in [-0.39, 0.29) is 0 Å². The first-order chi connectivity index (χ1) is 9.62. The maximum atomic E-state index is 5.89. The molecule has 0 heterocycles. The van der Waals surface area contributed by atoms with Crippen molar-refractivity contribution in [3.05, 3.63) is 51.5 Å². The molecule has 2 aromatic rings. The first kappa shape index (κ1) is 15.0. The molecule has 0 aliphatic carbocycles. The zero-order valence-electron chi connectivity index (χ0n) is 11.2. The second kappa shape index (κ2) is 6.86. The van der Waals surface area contributed by atoms with Crippen molar-refractivity contribution >= 4 is 27.5 Å². The topological polar surface area (TPSA) is 27.7 Å². The number of hydrogen-bond donors (Lipinski definition) is 0. The van der Waals surface area contributed by atoms with Crippen LogP contribution in [-0.2, 0) is 6.61 Å². The van der Waals surface area contributed by atoms with E-state index in [9.17, 15) is 0 Å². The summed E-state index contributed by atoms with van der Waals surface area (Å²) in [7, 11) is 3.24. The van der Waals surface area contributed by atoms with Crippen LogP contribution in [-0.4, -0.2) is 14.2 Å². The molecule has 0 aliphatic heterocycles. The van der Waals surface area contributed by atoms with Gasteiger partial charge in [-0.05, 0) is 51.8 Å². The zero-order valence-corrected chi connectivity index (χ0v) is 13.5. The molecule has 0 aromatic heterocycles. The first-order valence-corrected chi connectivity index (χ1v) is 7.09. The second-order valence-corrected chi connectivity index (χ2v) is 5.38. The molecular weight excluding hydrogens is 344 g/mol. The quantitative estimate of drug-likeness (QED) is 0.776. The minimum absolute atomic E-state index is 0.411. The van der Waals surface area contributed by atoms with E-state index in [1.54, 1.807) is 26.4 Å². The largest absolute Gasteiger partial charge is 0.497 e. The number of methoxy groups -OCH3 is 2. The summed E-state index contributed by atoms with van der Waals surface area (Å²) in [5, 5.41) is 0.660. The molecule has 0 saturated carbocycles. The lowest BCUT2D eigenvalue weighted by Gasteiger charge is -2.11. The zero-order chi connectivity index (χ0) is 14.5. The van der Waals surface area contributed by atoms with Crippen LogP contribution in [0.1, 0.15) is 5.56 Å². The van der Waals surface area contributed by atoms with Crippen LogP contribution in [0, 0.1) is 0 Å². The van der Waals surface area contributed by atoms with E-state index in [1.165, 1.54) is 0 Å². The van der Waals surface area contributed by atoms with Gasteiger partial charge in [0.15, 0.2) is 0 Å². The highest BCUT2D eigenvalue weighted by Crippen LogP contribution is 2.29. The fourth-order valence-electron chi connectivity index (χ4n) is 1.70. The van der Waals surface area contributed by atoms with Crippen molar-refractivity contribution in [2.75, 3.05) is 14.2 Å². The highest BCUT2D eigenvalue weighted by molar-refractivity contribution is 9.10. The van der Waals surface area contributed by atoms with E-state index in [4.69, 9.17) is 25.8 Å². The molecule has 5 heteroatoms. The van der Waals surface area contributed by atoms with Crippen LogP contribution in [0.2, 0.25) is 5.02 Å². The Morgan fingerprint density at radius 3 is 2.20 bits per heavy atom. The summed E-state index contributed by atoms with van der Waals surface area (Å²) in [5.41, 5.74) is 0.961. The van der Waals surface area contributed by atoms with Crippen molar-refractivity contribution in [1.29, 1.82) is 0 Å². The molecule has 0 saturated heterocycles. The summed E-state index contributed by atoms with van der Waals surface area (Å²) in [6.07, 6.45) is 0. The molecule has 20 heavy (non-hydrogen) atoms. The molecular formula is C15H14BrClO3. The Bertz CT molecular complexity index is 579. The Morgan fingerprint density at radius 2 is 1.65 bits per heavy atom. The fraction of sp³-hybridized carbons (Fsp3) is 0.200. The predicted octanol–water partition coefficient (Wildman–Crippen LogP) is 4.70. The molecule has 0 aliphatic rings. The fourth-order valence-corrected chi connectivity index (χ4v) is 2.50. The SMILES string of the molecule is COc1cc(COc2ccc(Cl)cc2Br)cc(OC)c1. The van der Waals surface area contributed by atoms with Gasteiger partial charge in [-0.15, -0.1) is 0 Å². The molecule has 2 aromatic carbocycles. The van der Waals surface area contributed by atoms with Gasteiger partial charge in [0.25, 0.3) is 0 Å². The third-order valence-electron chi connectivity index (χ3n) is 2.70. The Balaban J connectivity index is 2.13. The maximum absolute atomic E-state index is 5.89. The normalized spacial score (nSPS) is 10.2. The lowest BCUT2D eigenvalue weighted by molar-refractivity contribution is 0.302. The van der Waals surface area contributed by atoms with Crippen molar-refractivity contribution in [2.24, 2.45) is 0 Å². The maximum Gasteiger partial charge on any atom is 0.134 e. The van der Waals surface area contributed by atoms with Gasteiger partial charge in [0.2, 0.25) is 0 Å². The average molecular weight is 358 g/mol. The molecule has 0 fully saturated rings. The molecule has 0 atom stereocenters. The molecule has 106 valence electrons. The third kappa shape index (κ3) is 3.81. The summed E-state index contributed by atoms with van der Waals surface area (Å²) in [6.45, 7) is 0.411. The molecule has 0 radical (unpaired) electrons. The summed E-state index contributed by atoms with van der Waals surface area (Å²) < 4.78 is 17.0. The van der Waals surface area contributed by atoms with Crippen molar-refractivity contribution in [3.8, 4) is 17.2 Å². The smallest absolute Gasteiger partial charge is 0.134 e. The summed E-state index contributed by atoms with van der Waals surface area (Å²) >= 11 is 9.31. The van der Waals surface area contributed by atoms with E-state index >= 15 is 0 Å². The number of rotatable bonds is 5. The van der Waals surface area contributed by atoms with Gasteiger partial charge in [-0.3, -0.25) is 0 Å². The van der Waals surface area contributed by atoms with Crippen LogP contribution >= 0.6 is 27.5 Å². The Kier molecular flexibility index (Phi) is 5.15. The van der Waals surface area contributed by atoms with Gasteiger partial charge in [-0.25, -0.2) is 0 Å². The molecule has 0 spiro atoms. The van der Waals surface area contributed by atoms with Crippen molar-refractivity contribution in [3.63, 3.8) is 0 Å². The molecule has 3 nitrogen and oxygen atoms in total. The minimum Gasteiger partial charge on any atom is -0.497 e. The summed E-state index contributed by atoms with van der Waals surface area (Å²) in [4.78, 5) is 0. The molecule has 0 unspecified atom stereocenters. The molecule has 2 rings (SSSR count).